The number of rotatable bonds is 3. The van der Waals surface area contributed by atoms with Crippen LogP contribution in [0.1, 0.15) is 0 Å². The van der Waals surface area contributed by atoms with Gasteiger partial charge in [-0.25, -0.2) is 0 Å². The minimum absolute atomic E-state index is 0.197. The van der Waals surface area contributed by atoms with Crippen molar-refractivity contribution in [3.05, 3.63) is 12.2 Å². The molecule has 0 aromatic heterocycles. The summed E-state index contributed by atoms with van der Waals surface area (Å²) in [6.07, 6.45) is 3.22. The third kappa shape index (κ3) is 7.72. The highest BCUT2D eigenvalue weighted by molar-refractivity contribution is 7.97. The second-order valence-corrected chi connectivity index (χ2v) is 2.44. The Morgan fingerprint density at radius 2 is 2.22 bits per heavy atom. The van der Waals surface area contributed by atoms with Crippen molar-refractivity contribution in [1.82, 2.24) is 4.90 Å². The first-order valence-corrected chi connectivity index (χ1v) is 3.12. The number of likely N-dealkylation sites (N-methyl/N-ethyl adjacent to an activating group) is 1. The minimum Gasteiger partial charge on any atom is -0.306 e. The Kier molecular flexibility index (Phi) is 4.44. The Morgan fingerprint density at radius 3 is 2.56 bits per heavy atom. The quantitative estimate of drug-likeness (QED) is 0.462. The molecule has 2 nitrogen and oxygen atoms in total. The second-order valence-electron chi connectivity index (χ2n) is 2.00. The lowest BCUT2D eigenvalue weighted by Gasteiger charge is -2.02. The van der Waals surface area contributed by atoms with E-state index in [1.807, 2.05) is 19.0 Å². The molecule has 3 heteroatoms. The fourth-order valence-corrected chi connectivity index (χ4v) is 0.470. The zero-order valence-corrected chi connectivity index (χ0v) is 6.56. The first kappa shape index (κ1) is 8.72. The van der Waals surface area contributed by atoms with Crippen LogP contribution in [-0.4, -0.2) is 30.7 Å². The summed E-state index contributed by atoms with van der Waals surface area (Å²) in [6, 6.07) is 0. The van der Waals surface area contributed by atoms with Crippen LogP contribution in [0.4, 0.5) is 0 Å². The molecule has 0 heterocycles. The highest BCUT2D eigenvalue weighted by Gasteiger charge is 1.83. The van der Waals surface area contributed by atoms with Gasteiger partial charge in [-0.2, -0.15) is 0 Å². The maximum Gasteiger partial charge on any atom is 0.208 e. The van der Waals surface area contributed by atoms with E-state index in [4.69, 9.17) is 0 Å². The lowest BCUT2D eigenvalue weighted by Crippen LogP contribution is -2.10. The molecule has 0 rings (SSSR count). The number of hydrogen-bond acceptors (Lipinski definition) is 2. The summed E-state index contributed by atoms with van der Waals surface area (Å²) in [6.45, 7) is 0.784. The summed E-state index contributed by atoms with van der Waals surface area (Å²) in [5.41, 5.74) is 0. The largest absolute Gasteiger partial charge is 0.306 e. The normalized spacial score (nSPS) is 11.1. The number of hydrogen-bond donors (Lipinski definition) is 1. The van der Waals surface area contributed by atoms with E-state index in [2.05, 4.69) is 12.6 Å². The van der Waals surface area contributed by atoms with Crippen LogP contribution >= 0.6 is 12.6 Å². The van der Waals surface area contributed by atoms with Gasteiger partial charge in [-0.1, -0.05) is 6.08 Å². The van der Waals surface area contributed by atoms with Crippen LogP contribution < -0.4 is 0 Å². The Morgan fingerprint density at radius 1 is 1.67 bits per heavy atom. The molecule has 52 valence electrons. The molecule has 0 amide bonds. The lowest BCUT2D eigenvalue weighted by molar-refractivity contribution is -0.106. The summed E-state index contributed by atoms with van der Waals surface area (Å²) in [5, 5.41) is -0.197. The van der Waals surface area contributed by atoms with E-state index in [0.29, 0.717) is 0 Å². The zero-order valence-electron chi connectivity index (χ0n) is 5.66. The first-order chi connectivity index (χ1) is 4.13. The van der Waals surface area contributed by atoms with E-state index >= 15 is 0 Å². The van der Waals surface area contributed by atoms with Crippen LogP contribution in [0.25, 0.3) is 0 Å². The molecule has 0 saturated heterocycles. The summed E-state index contributed by atoms with van der Waals surface area (Å²) < 4.78 is 0. The van der Waals surface area contributed by atoms with E-state index in [0.717, 1.165) is 6.54 Å². The standard InChI is InChI=1S/C6H11NOS/c1-7(2)5-3-4-6(8)9/h3-4H,5H2,1-2H3,(H,8,9). The van der Waals surface area contributed by atoms with Gasteiger partial charge in [0.05, 0.1) is 0 Å². The Balaban J connectivity index is 3.36. The van der Waals surface area contributed by atoms with Crippen LogP contribution in [-0.2, 0) is 4.79 Å². The van der Waals surface area contributed by atoms with Crippen molar-refractivity contribution in [2.24, 2.45) is 0 Å². The number of thiol groups is 1. The van der Waals surface area contributed by atoms with Crippen molar-refractivity contribution in [1.29, 1.82) is 0 Å². The van der Waals surface area contributed by atoms with Gasteiger partial charge in [-0.05, 0) is 20.2 Å². The summed E-state index contributed by atoms with van der Waals surface area (Å²) >= 11 is 3.56. The molecule has 0 radical (unpaired) electrons. The summed E-state index contributed by atoms with van der Waals surface area (Å²) in [4.78, 5) is 12.1. The summed E-state index contributed by atoms with van der Waals surface area (Å²) in [5.74, 6) is 0. The lowest BCUT2D eigenvalue weighted by atomic mass is 10.5. The molecule has 0 aromatic carbocycles. The molecule has 0 saturated carbocycles. The maximum atomic E-state index is 10.2. The molecular formula is C6H11NOS. The van der Waals surface area contributed by atoms with Crippen molar-refractivity contribution in [3.63, 3.8) is 0 Å². The zero-order chi connectivity index (χ0) is 7.28. The third-order valence-electron chi connectivity index (χ3n) is 0.731. The molecule has 0 fully saturated rings. The van der Waals surface area contributed by atoms with Crippen LogP contribution in [0.5, 0.6) is 0 Å². The Bertz CT molecular complexity index is 120. The van der Waals surface area contributed by atoms with Gasteiger partial charge in [-0.3, -0.25) is 4.79 Å². The van der Waals surface area contributed by atoms with Crippen LogP contribution in [0, 0.1) is 0 Å². The van der Waals surface area contributed by atoms with Crippen molar-refractivity contribution < 1.29 is 4.79 Å². The van der Waals surface area contributed by atoms with Crippen molar-refractivity contribution in [2.45, 2.75) is 0 Å². The van der Waals surface area contributed by atoms with Gasteiger partial charge in [0.2, 0.25) is 5.12 Å². The predicted octanol–water partition coefficient (Wildman–Crippen LogP) is 0.561. The number of carbonyl (C=O) groups is 1. The average Bonchev–Trinajstić information content (AvgIpc) is 1.63. The molecule has 0 aromatic rings. The van der Waals surface area contributed by atoms with Crippen molar-refractivity contribution in [2.75, 3.05) is 20.6 Å². The van der Waals surface area contributed by atoms with Crippen molar-refractivity contribution >= 4 is 17.7 Å². The van der Waals surface area contributed by atoms with Crippen LogP contribution in [0.15, 0.2) is 12.2 Å². The van der Waals surface area contributed by atoms with Crippen molar-refractivity contribution in [3.8, 4) is 0 Å². The maximum absolute atomic E-state index is 10.2. The monoisotopic (exact) mass is 145 g/mol. The van der Waals surface area contributed by atoms with E-state index in [1.165, 1.54) is 6.08 Å². The van der Waals surface area contributed by atoms with E-state index in [-0.39, 0.29) is 5.12 Å². The molecule has 0 bridgehead atoms. The predicted molar refractivity (Wildman–Crippen MR) is 41.7 cm³/mol. The minimum atomic E-state index is -0.197. The third-order valence-corrected chi connectivity index (χ3v) is 0.880. The molecule has 0 aliphatic rings. The molecule has 9 heavy (non-hydrogen) atoms. The highest BCUT2D eigenvalue weighted by Crippen LogP contribution is 1.82. The topological polar surface area (TPSA) is 20.3 Å². The van der Waals surface area contributed by atoms with Gasteiger partial charge >= 0.3 is 0 Å². The molecule has 0 atom stereocenters. The molecule has 0 unspecified atom stereocenters. The molecule has 0 N–H and O–H groups in total. The van der Waals surface area contributed by atoms with Gasteiger partial charge in [0.1, 0.15) is 0 Å². The van der Waals surface area contributed by atoms with Gasteiger partial charge in [0, 0.05) is 6.54 Å². The summed E-state index contributed by atoms with van der Waals surface area (Å²) in [7, 11) is 3.88. The fourth-order valence-electron chi connectivity index (χ4n) is 0.364. The second kappa shape index (κ2) is 4.58. The Hall–Kier alpha value is -0.280. The number of nitrogens with zero attached hydrogens (tertiary/aromatic N) is 1. The Labute approximate surface area is 61.0 Å². The van der Waals surface area contributed by atoms with Gasteiger partial charge < -0.3 is 4.90 Å². The first-order valence-electron chi connectivity index (χ1n) is 2.67. The number of carbonyl (C=O) groups excluding carboxylic acids is 1. The van der Waals surface area contributed by atoms with E-state index < -0.39 is 0 Å². The SMILES string of the molecule is CN(C)CC=CC(=O)S. The molecular weight excluding hydrogens is 134 g/mol. The molecule has 0 aliphatic heterocycles. The molecule has 0 spiro atoms. The van der Waals surface area contributed by atoms with Crippen LogP contribution in [0.2, 0.25) is 0 Å². The fraction of sp³-hybridized carbons (Fsp3) is 0.500. The van der Waals surface area contributed by atoms with Crippen LogP contribution in [0.3, 0.4) is 0 Å². The highest BCUT2D eigenvalue weighted by atomic mass is 32.1. The average molecular weight is 145 g/mol. The van der Waals surface area contributed by atoms with Gasteiger partial charge in [0.25, 0.3) is 0 Å². The van der Waals surface area contributed by atoms with E-state index in [9.17, 15) is 4.79 Å². The molecule has 0 aliphatic carbocycles. The van der Waals surface area contributed by atoms with Gasteiger partial charge in [-0.15, -0.1) is 12.6 Å². The van der Waals surface area contributed by atoms with Gasteiger partial charge in [0.15, 0.2) is 0 Å². The smallest absolute Gasteiger partial charge is 0.208 e. The van der Waals surface area contributed by atoms with E-state index in [1.54, 1.807) is 6.08 Å².